The van der Waals surface area contributed by atoms with E-state index in [1.807, 2.05) is 12.3 Å². The van der Waals surface area contributed by atoms with Crippen LogP contribution >= 0.6 is 22.9 Å². The van der Waals surface area contributed by atoms with Crippen LogP contribution < -0.4 is 0 Å². The van der Waals surface area contributed by atoms with Gasteiger partial charge >= 0.3 is 0 Å². The Kier molecular flexibility index (Phi) is 5.51. The molecule has 1 saturated heterocycles. The molecule has 114 valence electrons. The fourth-order valence-corrected chi connectivity index (χ4v) is 6.38. The molecule has 2 rings (SSSR count). The Morgan fingerprint density at radius 3 is 2.60 bits per heavy atom. The molecule has 0 amide bonds. The molecule has 1 aromatic heterocycles. The molecule has 0 spiro atoms. The molecule has 2 heterocycles. The molecule has 1 fully saturated rings. The maximum Gasteiger partial charge on any atom is 0.244 e. The Morgan fingerprint density at radius 2 is 2.05 bits per heavy atom. The van der Waals surface area contributed by atoms with Crippen molar-refractivity contribution >= 4 is 33.0 Å². The Balaban J connectivity index is 2.18. The quantitative estimate of drug-likeness (QED) is 0.763. The third kappa shape index (κ3) is 3.21. The van der Waals surface area contributed by atoms with Crippen molar-refractivity contribution in [2.45, 2.75) is 50.3 Å². The van der Waals surface area contributed by atoms with Gasteiger partial charge in [-0.1, -0.05) is 19.8 Å². The number of halogens is 1. The number of nitrogens with zero attached hydrogens (tertiary/aromatic N) is 1. The van der Waals surface area contributed by atoms with Crippen molar-refractivity contribution in [3.8, 4) is 0 Å². The fourth-order valence-electron chi connectivity index (χ4n) is 2.90. The molecule has 0 bridgehead atoms. The number of hydrogen-bond acceptors (Lipinski definition) is 3. The van der Waals surface area contributed by atoms with Crippen LogP contribution in [0.1, 0.15) is 43.0 Å². The number of rotatable bonds is 5. The Morgan fingerprint density at radius 1 is 1.40 bits per heavy atom. The minimum Gasteiger partial charge on any atom is -0.207 e. The lowest BCUT2D eigenvalue weighted by Crippen LogP contribution is -2.38. The lowest BCUT2D eigenvalue weighted by atomic mass is 9.94. The van der Waals surface area contributed by atoms with Crippen LogP contribution in [0.2, 0.25) is 0 Å². The summed E-state index contributed by atoms with van der Waals surface area (Å²) in [6.07, 6.45) is 4.34. The standard InChI is InChI=1S/C14H22ClNO2S2/c1-3-4-12-5-7-16(8-6-12)20(17,18)14-11(2)10-19-13(14)9-15/h10,12H,3-9H2,1-2H3. The molecule has 0 aromatic carbocycles. The summed E-state index contributed by atoms with van der Waals surface area (Å²) in [5, 5.41) is 1.88. The maximum absolute atomic E-state index is 12.8. The van der Waals surface area contributed by atoms with Crippen LogP contribution in [0, 0.1) is 12.8 Å². The Hall–Kier alpha value is -0.100. The Labute approximate surface area is 131 Å². The van der Waals surface area contributed by atoms with Gasteiger partial charge in [-0.15, -0.1) is 22.9 Å². The monoisotopic (exact) mass is 335 g/mol. The fraction of sp³-hybridized carbons (Fsp3) is 0.714. The first-order valence-electron chi connectivity index (χ1n) is 7.13. The van der Waals surface area contributed by atoms with Crippen molar-refractivity contribution < 1.29 is 8.42 Å². The SMILES string of the molecule is CCCC1CCN(S(=O)(=O)c2c(C)csc2CCl)CC1. The number of sulfonamides is 1. The normalized spacial score (nSPS) is 18.6. The van der Waals surface area contributed by atoms with Gasteiger partial charge in [0.25, 0.3) is 0 Å². The van der Waals surface area contributed by atoms with E-state index in [0.717, 1.165) is 23.3 Å². The van der Waals surface area contributed by atoms with Gasteiger partial charge in [0.1, 0.15) is 4.90 Å². The molecular formula is C14H22ClNO2S2. The topological polar surface area (TPSA) is 37.4 Å². The molecule has 0 saturated carbocycles. The smallest absolute Gasteiger partial charge is 0.207 e. The molecule has 1 aromatic rings. The molecule has 6 heteroatoms. The van der Waals surface area contributed by atoms with Crippen molar-refractivity contribution in [2.75, 3.05) is 13.1 Å². The lowest BCUT2D eigenvalue weighted by molar-refractivity contribution is 0.262. The molecule has 0 aliphatic carbocycles. The van der Waals surface area contributed by atoms with Crippen molar-refractivity contribution in [1.82, 2.24) is 4.31 Å². The van der Waals surface area contributed by atoms with E-state index in [1.54, 1.807) is 4.31 Å². The van der Waals surface area contributed by atoms with E-state index in [2.05, 4.69) is 6.92 Å². The van der Waals surface area contributed by atoms with Crippen molar-refractivity contribution in [3.05, 3.63) is 15.8 Å². The first kappa shape index (κ1) is 16.3. The second-order valence-corrected chi connectivity index (χ2v) is 8.55. The maximum atomic E-state index is 12.8. The highest BCUT2D eigenvalue weighted by molar-refractivity contribution is 7.89. The van der Waals surface area contributed by atoms with Gasteiger partial charge < -0.3 is 0 Å². The van der Waals surface area contributed by atoms with E-state index >= 15 is 0 Å². The van der Waals surface area contributed by atoms with Crippen LogP contribution in [0.3, 0.4) is 0 Å². The summed E-state index contributed by atoms with van der Waals surface area (Å²) in [5.41, 5.74) is 0.821. The predicted molar refractivity (Wildman–Crippen MR) is 85.0 cm³/mol. The zero-order valence-electron chi connectivity index (χ0n) is 12.1. The first-order chi connectivity index (χ1) is 9.50. The van der Waals surface area contributed by atoms with E-state index in [9.17, 15) is 8.42 Å². The van der Waals surface area contributed by atoms with Gasteiger partial charge in [0.15, 0.2) is 0 Å². The number of aryl methyl sites for hydroxylation is 1. The number of piperidine rings is 1. The third-order valence-electron chi connectivity index (χ3n) is 3.98. The first-order valence-corrected chi connectivity index (χ1v) is 9.99. The second kappa shape index (κ2) is 6.77. The molecule has 0 unspecified atom stereocenters. The summed E-state index contributed by atoms with van der Waals surface area (Å²) < 4.78 is 27.2. The van der Waals surface area contributed by atoms with Gasteiger partial charge in [-0.05, 0) is 36.6 Å². The van der Waals surface area contributed by atoms with E-state index in [-0.39, 0.29) is 5.88 Å². The van der Waals surface area contributed by atoms with E-state index in [1.165, 1.54) is 24.2 Å². The summed E-state index contributed by atoms with van der Waals surface area (Å²) in [6.45, 7) is 5.32. The zero-order valence-corrected chi connectivity index (χ0v) is 14.5. The summed E-state index contributed by atoms with van der Waals surface area (Å²) in [7, 11) is -3.37. The lowest BCUT2D eigenvalue weighted by Gasteiger charge is -2.31. The highest BCUT2D eigenvalue weighted by Gasteiger charge is 2.32. The number of hydrogen-bond donors (Lipinski definition) is 0. The summed E-state index contributed by atoms with van der Waals surface area (Å²) in [6, 6.07) is 0. The molecule has 1 aliphatic heterocycles. The molecule has 20 heavy (non-hydrogen) atoms. The van der Waals surface area contributed by atoms with Gasteiger partial charge in [-0.2, -0.15) is 4.31 Å². The largest absolute Gasteiger partial charge is 0.244 e. The average molecular weight is 336 g/mol. The summed E-state index contributed by atoms with van der Waals surface area (Å²) in [4.78, 5) is 1.21. The van der Waals surface area contributed by atoms with E-state index < -0.39 is 10.0 Å². The van der Waals surface area contributed by atoms with Gasteiger partial charge in [-0.3, -0.25) is 0 Å². The van der Waals surface area contributed by atoms with Gasteiger partial charge in [-0.25, -0.2) is 8.42 Å². The highest BCUT2D eigenvalue weighted by Crippen LogP contribution is 2.33. The van der Waals surface area contributed by atoms with Crippen LogP contribution in [0.5, 0.6) is 0 Å². The summed E-state index contributed by atoms with van der Waals surface area (Å²) >= 11 is 7.32. The number of alkyl halides is 1. The predicted octanol–water partition coefficient (Wildman–Crippen LogP) is 4.00. The molecule has 0 atom stereocenters. The minimum absolute atomic E-state index is 0.263. The second-order valence-electron chi connectivity index (χ2n) is 5.44. The van der Waals surface area contributed by atoms with Crippen LogP contribution in [-0.4, -0.2) is 25.8 Å². The third-order valence-corrected chi connectivity index (χ3v) is 7.77. The van der Waals surface area contributed by atoms with Crippen LogP contribution in [0.4, 0.5) is 0 Å². The van der Waals surface area contributed by atoms with Crippen LogP contribution in [0.25, 0.3) is 0 Å². The molecule has 1 aliphatic rings. The highest BCUT2D eigenvalue weighted by atomic mass is 35.5. The zero-order chi connectivity index (χ0) is 14.8. The van der Waals surface area contributed by atoms with Crippen molar-refractivity contribution in [1.29, 1.82) is 0 Å². The van der Waals surface area contributed by atoms with E-state index in [4.69, 9.17) is 11.6 Å². The van der Waals surface area contributed by atoms with Crippen molar-refractivity contribution in [2.24, 2.45) is 5.92 Å². The van der Waals surface area contributed by atoms with Crippen molar-refractivity contribution in [3.63, 3.8) is 0 Å². The van der Waals surface area contributed by atoms with Gasteiger partial charge in [0.05, 0.1) is 5.88 Å². The number of thiophene rings is 1. The molecule has 3 nitrogen and oxygen atoms in total. The average Bonchev–Trinajstić information content (AvgIpc) is 2.81. The van der Waals surface area contributed by atoms with Crippen LogP contribution in [0.15, 0.2) is 10.3 Å². The van der Waals surface area contributed by atoms with E-state index in [0.29, 0.717) is 23.9 Å². The minimum atomic E-state index is -3.37. The molecule has 0 N–H and O–H groups in total. The molecule has 0 radical (unpaired) electrons. The molecular weight excluding hydrogens is 314 g/mol. The van der Waals surface area contributed by atoms with Gasteiger partial charge in [0, 0.05) is 18.0 Å². The summed E-state index contributed by atoms with van der Waals surface area (Å²) in [5.74, 6) is 0.946. The van der Waals surface area contributed by atoms with Crippen LogP contribution in [-0.2, 0) is 15.9 Å². The Bertz CT molecular complexity index is 546. The van der Waals surface area contributed by atoms with Gasteiger partial charge in [0.2, 0.25) is 10.0 Å².